The molecule has 1 aromatic rings. The standard InChI is InChI=1S/C14H18N2OS/c1-2-8-18-13-5-6-14(15-9-13)12-4-3-7-16(10-12)11-17/h4-6,9,11H,2-3,7-8,10H2,1H3. The highest BCUT2D eigenvalue weighted by molar-refractivity contribution is 7.99. The van der Waals surface area contributed by atoms with Gasteiger partial charge < -0.3 is 4.90 Å². The van der Waals surface area contributed by atoms with Crippen molar-refractivity contribution in [2.45, 2.75) is 24.7 Å². The van der Waals surface area contributed by atoms with Gasteiger partial charge in [-0.15, -0.1) is 11.8 Å². The number of hydrogen-bond acceptors (Lipinski definition) is 3. The van der Waals surface area contributed by atoms with Gasteiger partial charge in [0, 0.05) is 24.2 Å². The molecule has 0 N–H and O–H groups in total. The third-order valence-corrected chi connectivity index (χ3v) is 4.05. The summed E-state index contributed by atoms with van der Waals surface area (Å²) in [6.07, 6.45) is 7.12. The molecule has 0 fully saturated rings. The quantitative estimate of drug-likeness (QED) is 0.604. The largest absolute Gasteiger partial charge is 0.341 e. The second-order valence-electron chi connectivity index (χ2n) is 4.32. The van der Waals surface area contributed by atoms with Gasteiger partial charge in [0.1, 0.15) is 0 Å². The van der Waals surface area contributed by atoms with E-state index < -0.39 is 0 Å². The van der Waals surface area contributed by atoms with Gasteiger partial charge in [0.05, 0.1) is 5.69 Å². The van der Waals surface area contributed by atoms with E-state index in [-0.39, 0.29) is 0 Å². The Kier molecular flexibility index (Phi) is 4.81. The van der Waals surface area contributed by atoms with Gasteiger partial charge in [-0.2, -0.15) is 0 Å². The van der Waals surface area contributed by atoms with Crippen LogP contribution in [0.4, 0.5) is 0 Å². The van der Waals surface area contributed by atoms with Crippen LogP contribution in [0.15, 0.2) is 29.3 Å². The maximum absolute atomic E-state index is 10.8. The van der Waals surface area contributed by atoms with Gasteiger partial charge >= 0.3 is 0 Å². The van der Waals surface area contributed by atoms with Gasteiger partial charge in [-0.3, -0.25) is 9.78 Å². The van der Waals surface area contributed by atoms with Gasteiger partial charge in [-0.25, -0.2) is 0 Å². The minimum Gasteiger partial charge on any atom is -0.341 e. The smallest absolute Gasteiger partial charge is 0.210 e. The molecule has 18 heavy (non-hydrogen) atoms. The fourth-order valence-electron chi connectivity index (χ4n) is 1.92. The SMILES string of the molecule is CCCSc1ccc(C2=CCCN(C=O)C2)nc1. The van der Waals surface area contributed by atoms with Crippen molar-refractivity contribution >= 4 is 23.7 Å². The Balaban J connectivity index is 2.05. The molecule has 1 amide bonds. The third-order valence-electron chi connectivity index (χ3n) is 2.87. The van der Waals surface area contributed by atoms with E-state index in [1.165, 1.54) is 11.3 Å². The second kappa shape index (κ2) is 6.59. The molecule has 2 rings (SSSR count). The maximum Gasteiger partial charge on any atom is 0.210 e. The number of nitrogens with zero attached hydrogens (tertiary/aromatic N) is 2. The van der Waals surface area contributed by atoms with Crippen LogP contribution in [0, 0.1) is 0 Å². The Labute approximate surface area is 112 Å². The Bertz CT molecular complexity index is 428. The zero-order chi connectivity index (χ0) is 12.8. The van der Waals surface area contributed by atoms with Crippen LogP contribution in [-0.4, -0.2) is 35.1 Å². The van der Waals surface area contributed by atoms with E-state index in [4.69, 9.17) is 0 Å². The van der Waals surface area contributed by atoms with E-state index in [9.17, 15) is 4.79 Å². The van der Waals surface area contributed by atoms with E-state index in [0.717, 1.165) is 36.4 Å². The molecule has 1 aliphatic heterocycles. The number of thioether (sulfide) groups is 1. The molecule has 2 heterocycles. The molecule has 0 saturated carbocycles. The number of carbonyl (C=O) groups excluding carboxylic acids is 1. The Morgan fingerprint density at radius 3 is 3.06 bits per heavy atom. The summed E-state index contributed by atoms with van der Waals surface area (Å²) < 4.78 is 0. The molecule has 1 aromatic heterocycles. The van der Waals surface area contributed by atoms with Gasteiger partial charge in [-0.1, -0.05) is 13.0 Å². The summed E-state index contributed by atoms with van der Waals surface area (Å²) in [6.45, 7) is 3.67. The van der Waals surface area contributed by atoms with E-state index in [1.807, 2.05) is 18.0 Å². The third kappa shape index (κ3) is 3.35. The topological polar surface area (TPSA) is 33.2 Å². The number of carbonyl (C=O) groups is 1. The van der Waals surface area contributed by atoms with Crippen LogP contribution in [-0.2, 0) is 4.79 Å². The first kappa shape index (κ1) is 13.1. The lowest BCUT2D eigenvalue weighted by atomic mass is 10.1. The lowest BCUT2D eigenvalue weighted by molar-refractivity contribution is -0.117. The summed E-state index contributed by atoms with van der Waals surface area (Å²) in [5.41, 5.74) is 2.14. The summed E-state index contributed by atoms with van der Waals surface area (Å²) in [5.74, 6) is 1.13. The predicted octanol–water partition coefficient (Wildman–Crippen LogP) is 2.83. The molecule has 3 nitrogen and oxygen atoms in total. The average molecular weight is 262 g/mol. The van der Waals surface area contributed by atoms with Crippen LogP contribution < -0.4 is 0 Å². The van der Waals surface area contributed by atoms with Crippen LogP contribution >= 0.6 is 11.8 Å². The van der Waals surface area contributed by atoms with Crippen molar-refractivity contribution in [1.82, 2.24) is 9.88 Å². The lowest BCUT2D eigenvalue weighted by Gasteiger charge is -2.23. The summed E-state index contributed by atoms with van der Waals surface area (Å²) in [6, 6.07) is 4.17. The molecule has 96 valence electrons. The normalized spacial score (nSPS) is 15.4. The van der Waals surface area contributed by atoms with E-state index in [0.29, 0.717) is 6.54 Å². The molecule has 0 radical (unpaired) electrons. The maximum atomic E-state index is 10.8. The number of pyridine rings is 1. The van der Waals surface area contributed by atoms with E-state index >= 15 is 0 Å². The molecule has 0 aromatic carbocycles. The number of amides is 1. The monoisotopic (exact) mass is 262 g/mol. The first-order chi connectivity index (χ1) is 8.83. The van der Waals surface area contributed by atoms with Gasteiger partial charge in [0.15, 0.2) is 0 Å². The Morgan fingerprint density at radius 2 is 2.39 bits per heavy atom. The summed E-state index contributed by atoms with van der Waals surface area (Å²) in [7, 11) is 0. The number of aromatic nitrogens is 1. The highest BCUT2D eigenvalue weighted by Crippen LogP contribution is 2.22. The minimum atomic E-state index is 0.679. The summed E-state index contributed by atoms with van der Waals surface area (Å²) in [5, 5.41) is 0. The van der Waals surface area contributed by atoms with Crippen molar-refractivity contribution in [3.63, 3.8) is 0 Å². The lowest BCUT2D eigenvalue weighted by Crippen LogP contribution is -2.28. The molecule has 0 bridgehead atoms. The van der Waals surface area contributed by atoms with Crippen LogP contribution in [0.1, 0.15) is 25.5 Å². The van der Waals surface area contributed by atoms with Gasteiger partial charge in [0.2, 0.25) is 6.41 Å². The molecule has 0 unspecified atom stereocenters. The first-order valence-electron chi connectivity index (χ1n) is 6.31. The zero-order valence-electron chi connectivity index (χ0n) is 10.6. The minimum absolute atomic E-state index is 0.679. The molecule has 0 spiro atoms. The fourth-order valence-corrected chi connectivity index (χ4v) is 2.65. The molecular weight excluding hydrogens is 244 g/mol. The van der Waals surface area contributed by atoms with Crippen molar-refractivity contribution in [3.05, 3.63) is 30.1 Å². The predicted molar refractivity (Wildman–Crippen MR) is 75.5 cm³/mol. The average Bonchev–Trinajstić information content (AvgIpc) is 2.46. The van der Waals surface area contributed by atoms with E-state index in [2.05, 4.69) is 30.1 Å². The second-order valence-corrected chi connectivity index (χ2v) is 5.49. The summed E-state index contributed by atoms with van der Waals surface area (Å²) in [4.78, 5) is 18.3. The molecule has 0 aliphatic carbocycles. The Morgan fingerprint density at radius 1 is 1.50 bits per heavy atom. The molecule has 1 aliphatic rings. The van der Waals surface area contributed by atoms with Crippen molar-refractivity contribution in [1.29, 1.82) is 0 Å². The molecule has 0 saturated heterocycles. The van der Waals surface area contributed by atoms with Gasteiger partial charge in [-0.05, 0) is 36.3 Å². The number of hydrogen-bond donors (Lipinski definition) is 0. The van der Waals surface area contributed by atoms with Crippen molar-refractivity contribution < 1.29 is 4.79 Å². The van der Waals surface area contributed by atoms with Crippen molar-refractivity contribution in [2.24, 2.45) is 0 Å². The highest BCUT2D eigenvalue weighted by Gasteiger charge is 2.12. The van der Waals surface area contributed by atoms with Crippen LogP contribution in [0.5, 0.6) is 0 Å². The molecular formula is C14H18N2OS. The van der Waals surface area contributed by atoms with E-state index in [1.54, 1.807) is 4.90 Å². The van der Waals surface area contributed by atoms with Crippen LogP contribution in [0.3, 0.4) is 0 Å². The number of rotatable bonds is 5. The fraction of sp³-hybridized carbons (Fsp3) is 0.429. The van der Waals surface area contributed by atoms with Crippen molar-refractivity contribution in [3.8, 4) is 0 Å². The zero-order valence-corrected chi connectivity index (χ0v) is 11.4. The molecule has 4 heteroatoms. The molecule has 0 atom stereocenters. The van der Waals surface area contributed by atoms with Gasteiger partial charge in [0.25, 0.3) is 0 Å². The highest BCUT2D eigenvalue weighted by atomic mass is 32.2. The van der Waals surface area contributed by atoms with Crippen LogP contribution in [0.25, 0.3) is 5.57 Å². The first-order valence-corrected chi connectivity index (χ1v) is 7.29. The summed E-state index contributed by atoms with van der Waals surface area (Å²) >= 11 is 1.83. The Hall–Kier alpha value is -1.29. The van der Waals surface area contributed by atoms with Crippen molar-refractivity contribution in [2.75, 3.05) is 18.8 Å². The van der Waals surface area contributed by atoms with Crippen LogP contribution in [0.2, 0.25) is 0 Å².